The Kier molecular flexibility index (Phi) is 9.85. The highest BCUT2D eigenvalue weighted by molar-refractivity contribution is 5.88. The van der Waals surface area contributed by atoms with Crippen LogP contribution in [0.5, 0.6) is 0 Å². The number of pyridine rings is 1. The number of aryl methyl sites for hydroxylation is 1. The largest absolute Gasteiger partial charge is 0.386 e. The van der Waals surface area contributed by atoms with E-state index in [9.17, 15) is 23.5 Å². The van der Waals surface area contributed by atoms with Gasteiger partial charge in [0.1, 0.15) is 0 Å². The molecule has 0 aliphatic heterocycles. The molecule has 9 heteroatoms. The first-order valence-electron chi connectivity index (χ1n) is 11.7. The van der Waals surface area contributed by atoms with Crippen LogP contribution in [0.3, 0.4) is 0 Å². The van der Waals surface area contributed by atoms with Crippen LogP contribution >= 0.6 is 0 Å². The predicted octanol–water partition coefficient (Wildman–Crippen LogP) is 4.54. The first-order valence-corrected chi connectivity index (χ1v) is 11.7. The summed E-state index contributed by atoms with van der Waals surface area (Å²) in [7, 11) is 1.66. The maximum Gasteiger partial charge on any atom is 0.321 e. The molecule has 4 N–H and O–H groups in total. The summed E-state index contributed by atoms with van der Waals surface area (Å²) >= 11 is 0. The van der Waals surface area contributed by atoms with E-state index in [0.717, 1.165) is 22.9 Å². The standard InChI is InChI=1S/C19H22F2N4O2.C9H12O/c1-12(24-18(27)19(2,20)21)11-23-16-5-4-13(8-15(16)10-22)14-6-7-25(3)17(26)9-14;1-9(2,10)8-6-4-3-5-7-8/h4-10,12,22-23H,11H2,1-3H3,(H,24,27);3-7,10H,1-2H3. The summed E-state index contributed by atoms with van der Waals surface area (Å²) in [6.45, 7) is 5.93. The van der Waals surface area contributed by atoms with E-state index in [-0.39, 0.29) is 12.1 Å². The van der Waals surface area contributed by atoms with Crippen LogP contribution in [-0.4, -0.2) is 40.3 Å². The molecule has 1 amide bonds. The number of halogens is 2. The first-order chi connectivity index (χ1) is 17.2. The van der Waals surface area contributed by atoms with E-state index < -0.39 is 23.5 Å². The SMILES string of the molecule is CC(C)(O)c1ccccc1.CC(CNc1ccc(-c2ccn(C)c(=O)c2)cc1C=N)NC(=O)C(C)(F)F. The minimum atomic E-state index is -3.43. The van der Waals surface area contributed by atoms with Crippen LogP contribution in [0.15, 0.2) is 71.7 Å². The van der Waals surface area contributed by atoms with Crippen LogP contribution in [0.2, 0.25) is 0 Å². The van der Waals surface area contributed by atoms with Crippen molar-refractivity contribution in [3.05, 3.63) is 88.3 Å². The van der Waals surface area contributed by atoms with Crippen LogP contribution in [-0.2, 0) is 17.4 Å². The Morgan fingerprint density at radius 1 is 1.08 bits per heavy atom. The molecule has 0 bridgehead atoms. The van der Waals surface area contributed by atoms with Crippen LogP contribution in [0, 0.1) is 5.41 Å². The number of nitrogens with one attached hydrogen (secondary N) is 3. The molecular formula is C28H34F2N4O3. The lowest BCUT2D eigenvalue weighted by Gasteiger charge is -2.19. The Morgan fingerprint density at radius 2 is 1.70 bits per heavy atom. The second-order valence-corrected chi connectivity index (χ2v) is 9.38. The molecule has 37 heavy (non-hydrogen) atoms. The van der Waals surface area contributed by atoms with Gasteiger partial charge >= 0.3 is 5.92 Å². The summed E-state index contributed by atoms with van der Waals surface area (Å²) in [6.07, 6.45) is 2.83. The van der Waals surface area contributed by atoms with Crippen molar-refractivity contribution in [3.63, 3.8) is 0 Å². The molecule has 0 fully saturated rings. The average molecular weight is 513 g/mol. The zero-order valence-electron chi connectivity index (χ0n) is 21.7. The molecule has 1 atom stereocenters. The molecule has 0 saturated carbocycles. The number of aromatic nitrogens is 1. The van der Waals surface area contributed by atoms with E-state index in [1.165, 1.54) is 10.6 Å². The number of anilines is 1. The molecule has 198 valence electrons. The quantitative estimate of drug-likeness (QED) is 0.333. The summed E-state index contributed by atoms with van der Waals surface area (Å²) < 4.78 is 27.3. The lowest BCUT2D eigenvalue weighted by atomic mass is 9.99. The number of hydrogen-bond donors (Lipinski definition) is 4. The number of benzene rings is 2. The monoisotopic (exact) mass is 512 g/mol. The molecule has 3 aromatic rings. The highest BCUT2D eigenvalue weighted by Crippen LogP contribution is 2.24. The van der Waals surface area contributed by atoms with Crippen molar-refractivity contribution in [2.75, 3.05) is 11.9 Å². The summed E-state index contributed by atoms with van der Waals surface area (Å²) in [6, 6.07) is 17.7. The minimum absolute atomic E-state index is 0.136. The number of carbonyl (C=O) groups is 1. The van der Waals surface area contributed by atoms with Crippen LogP contribution in [0.25, 0.3) is 11.1 Å². The van der Waals surface area contributed by atoms with Gasteiger partial charge in [0.25, 0.3) is 11.5 Å². The molecule has 0 saturated heterocycles. The second-order valence-electron chi connectivity index (χ2n) is 9.38. The van der Waals surface area contributed by atoms with Gasteiger partial charge in [-0.05, 0) is 55.7 Å². The first kappa shape index (κ1) is 29.4. The van der Waals surface area contributed by atoms with Gasteiger partial charge in [0, 0.05) is 56.3 Å². The molecule has 1 unspecified atom stereocenters. The molecular weight excluding hydrogens is 478 g/mol. The van der Waals surface area contributed by atoms with Gasteiger partial charge in [-0.3, -0.25) is 9.59 Å². The maximum absolute atomic E-state index is 12.9. The van der Waals surface area contributed by atoms with Crippen LogP contribution in [0.4, 0.5) is 14.5 Å². The fourth-order valence-electron chi connectivity index (χ4n) is 3.26. The Balaban J connectivity index is 0.000000402. The van der Waals surface area contributed by atoms with Crippen LogP contribution < -0.4 is 16.2 Å². The second kappa shape index (κ2) is 12.4. The fraction of sp³-hybridized carbons (Fsp3) is 0.321. The molecule has 0 aliphatic carbocycles. The van der Waals surface area contributed by atoms with Gasteiger partial charge in [-0.1, -0.05) is 36.4 Å². The molecule has 1 heterocycles. The Labute approximate surface area is 215 Å². The Morgan fingerprint density at radius 3 is 2.22 bits per heavy atom. The Bertz CT molecular complexity index is 1260. The Hall–Kier alpha value is -3.85. The van der Waals surface area contributed by atoms with Gasteiger partial charge in [0.05, 0.1) is 5.60 Å². The van der Waals surface area contributed by atoms with Gasteiger partial charge < -0.3 is 25.7 Å². The van der Waals surface area contributed by atoms with E-state index in [4.69, 9.17) is 5.41 Å². The molecule has 0 spiro atoms. The third-order valence-corrected chi connectivity index (χ3v) is 5.50. The normalized spacial score (nSPS) is 12.1. The average Bonchev–Trinajstić information content (AvgIpc) is 2.84. The number of hydrogen-bond acceptors (Lipinski definition) is 5. The lowest BCUT2D eigenvalue weighted by Crippen LogP contribution is -2.45. The van der Waals surface area contributed by atoms with Gasteiger partial charge in [-0.15, -0.1) is 0 Å². The third-order valence-electron chi connectivity index (χ3n) is 5.50. The molecule has 0 aliphatic rings. The summed E-state index contributed by atoms with van der Waals surface area (Å²) in [5.41, 5.74) is 2.83. The molecule has 0 radical (unpaired) electrons. The third kappa shape index (κ3) is 8.95. The van der Waals surface area contributed by atoms with Crippen molar-refractivity contribution in [1.29, 1.82) is 5.41 Å². The highest BCUT2D eigenvalue weighted by Gasteiger charge is 2.32. The van der Waals surface area contributed by atoms with Crippen molar-refractivity contribution in [2.24, 2.45) is 7.05 Å². The molecule has 3 rings (SSSR count). The summed E-state index contributed by atoms with van der Waals surface area (Å²) in [5, 5.41) is 22.4. The topological polar surface area (TPSA) is 107 Å². The lowest BCUT2D eigenvalue weighted by molar-refractivity contribution is -0.143. The number of carbonyl (C=O) groups excluding carboxylic acids is 1. The zero-order valence-corrected chi connectivity index (χ0v) is 21.7. The van der Waals surface area contributed by atoms with Gasteiger partial charge in [-0.2, -0.15) is 8.78 Å². The number of nitrogens with zero attached hydrogens (tertiary/aromatic N) is 1. The van der Waals surface area contributed by atoms with Crippen molar-refractivity contribution in [3.8, 4) is 11.1 Å². The van der Waals surface area contributed by atoms with Crippen molar-refractivity contribution in [1.82, 2.24) is 9.88 Å². The van der Waals surface area contributed by atoms with E-state index in [1.807, 2.05) is 30.3 Å². The van der Waals surface area contributed by atoms with Gasteiger partial charge in [-0.25, -0.2) is 0 Å². The van der Waals surface area contributed by atoms with E-state index in [0.29, 0.717) is 18.2 Å². The molecule has 2 aromatic carbocycles. The van der Waals surface area contributed by atoms with E-state index >= 15 is 0 Å². The van der Waals surface area contributed by atoms with E-state index in [1.54, 1.807) is 58.3 Å². The molecule has 7 nitrogen and oxygen atoms in total. The summed E-state index contributed by atoms with van der Waals surface area (Å²) in [4.78, 5) is 23.1. The number of aliphatic hydroxyl groups is 1. The van der Waals surface area contributed by atoms with Crippen molar-refractivity contribution in [2.45, 2.75) is 45.3 Å². The maximum atomic E-state index is 12.9. The highest BCUT2D eigenvalue weighted by atomic mass is 19.3. The number of rotatable bonds is 8. The smallest absolute Gasteiger partial charge is 0.321 e. The number of amides is 1. The van der Waals surface area contributed by atoms with Crippen molar-refractivity contribution < 1.29 is 18.7 Å². The van der Waals surface area contributed by atoms with E-state index in [2.05, 4.69) is 10.6 Å². The van der Waals surface area contributed by atoms with Crippen molar-refractivity contribution >= 4 is 17.8 Å². The van der Waals surface area contributed by atoms with Gasteiger partial charge in [0.15, 0.2) is 0 Å². The minimum Gasteiger partial charge on any atom is -0.386 e. The number of alkyl halides is 2. The fourth-order valence-corrected chi connectivity index (χ4v) is 3.26. The predicted molar refractivity (Wildman–Crippen MR) is 143 cm³/mol. The van der Waals surface area contributed by atoms with Crippen LogP contribution in [0.1, 0.15) is 38.8 Å². The van der Waals surface area contributed by atoms with Gasteiger partial charge in [0.2, 0.25) is 0 Å². The summed E-state index contributed by atoms with van der Waals surface area (Å²) in [5.74, 6) is -4.76. The molecule has 1 aromatic heterocycles. The zero-order chi connectivity index (χ0) is 27.8.